The first-order valence-corrected chi connectivity index (χ1v) is 5.66. The van der Waals surface area contributed by atoms with Crippen molar-refractivity contribution in [3.05, 3.63) is 11.3 Å². The van der Waals surface area contributed by atoms with E-state index in [9.17, 15) is 0 Å². The molecule has 1 saturated heterocycles. The summed E-state index contributed by atoms with van der Waals surface area (Å²) in [6.07, 6.45) is 1.08. The van der Waals surface area contributed by atoms with Crippen molar-refractivity contribution in [3.63, 3.8) is 0 Å². The van der Waals surface area contributed by atoms with E-state index in [2.05, 4.69) is 10.00 Å². The summed E-state index contributed by atoms with van der Waals surface area (Å²) in [5.41, 5.74) is 8.12. The van der Waals surface area contributed by atoms with E-state index < -0.39 is 0 Å². The number of ether oxygens (including phenoxy) is 1. The van der Waals surface area contributed by atoms with Crippen LogP contribution in [0.2, 0.25) is 0 Å². The van der Waals surface area contributed by atoms with Crippen molar-refractivity contribution in [2.75, 3.05) is 20.2 Å². The van der Waals surface area contributed by atoms with Crippen molar-refractivity contribution >= 4 is 0 Å². The fraction of sp³-hybridized carbons (Fsp3) is 0.727. The molecule has 1 unspecified atom stereocenters. The topological polar surface area (TPSA) is 56.3 Å². The first-order chi connectivity index (χ1) is 7.61. The Kier molecular flexibility index (Phi) is 3.16. The van der Waals surface area contributed by atoms with Crippen LogP contribution in [0.15, 0.2) is 0 Å². The predicted octanol–water partition coefficient (Wildman–Crippen LogP) is 0.270. The molecule has 16 heavy (non-hydrogen) atoms. The summed E-state index contributed by atoms with van der Waals surface area (Å²) in [5.74, 6) is 0.859. The summed E-state index contributed by atoms with van der Waals surface area (Å²) >= 11 is 0. The lowest BCUT2D eigenvalue weighted by Crippen LogP contribution is -2.26. The largest absolute Gasteiger partial charge is 0.481 e. The minimum atomic E-state index is 0.322. The van der Waals surface area contributed by atoms with Gasteiger partial charge in [-0.15, -0.1) is 0 Å². The molecular formula is C11H20N4O. The minimum absolute atomic E-state index is 0.322. The number of nitrogens with zero attached hydrogens (tertiary/aromatic N) is 3. The monoisotopic (exact) mass is 224 g/mol. The van der Waals surface area contributed by atoms with Crippen LogP contribution in [0.25, 0.3) is 0 Å². The zero-order valence-electron chi connectivity index (χ0n) is 10.2. The normalized spacial score (nSPS) is 21.6. The van der Waals surface area contributed by atoms with Gasteiger partial charge in [0.05, 0.1) is 18.4 Å². The highest BCUT2D eigenvalue weighted by Gasteiger charge is 2.22. The quantitative estimate of drug-likeness (QED) is 0.800. The zero-order valence-corrected chi connectivity index (χ0v) is 10.2. The van der Waals surface area contributed by atoms with Crippen LogP contribution in [0.4, 0.5) is 0 Å². The molecule has 5 nitrogen and oxygen atoms in total. The van der Waals surface area contributed by atoms with Gasteiger partial charge in [-0.2, -0.15) is 5.10 Å². The van der Waals surface area contributed by atoms with E-state index in [-0.39, 0.29) is 0 Å². The zero-order chi connectivity index (χ0) is 11.7. The third kappa shape index (κ3) is 2.05. The van der Waals surface area contributed by atoms with Crippen molar-refractivity contribution < 1.29 is 4.74 Å². The smallest absolute Gasteiger partial charge is 0.216 e. The standard InChI is InChI=1S/C11H20N4O/c1-8-10(11(16-3)14(2)13-8)7-15-5-4-9(12)6-15/h9H,4-7,12H2,1-3H3. The number of likely N-dealkylation sites (tertiary alicyclic amines) is 1. The Morgan fingerprint density at radius 2 is 2.31 bits per heavy atom. The van der Waals surface area contributed by atoms with E-state index in [1.165, 1.54) is 5.56 Å². The second-order valence-corrected chi connectivity index (χ2v) is 4.48. The lowest BCUT2D eigenvalue weighted by Gasteiger charge is -2.15. The molecule has 1 atom stereocenters. The highest BCUT2D eigenvalue weighted by atomic mass is 16.5. The van der Waals surface area contributed by atoms with Gasteiger partial charge in [0.1, 0.15) is 0 Å². The number of rotatable bonds is 3. The molecule has 1 aromatic heterocycles. The van der Waals surface area contributed by atoms with Gasteiger partial charge in [0.15, 0.2) is 0 Å². The van der Waals surface area contributed by atoms with Crippen LogP contribution >= 0.6 is 0 Å². The molecule has 90 valence electrons. The molecule has 0 amide bonds. The van der Waals surface area contributed by atoms with Crippen molar-refractivity contribution in [2.24, 2.45) is 12.8 Å². The highest BCUT2D eigenvalue weighted by Crippen LogP contribution is 2.24. The van der Waals surface area contributed by atoms with Gasteiger partial charge >= 0.3 is 0 Å². The van der Waals surface area contributed by atoms with Crippen molar-refractivity contribution in [1.29, 1.82) is 0 Å². The first kappa shape index (κ1) is 11.4. The minimum Gasteiger partial charge on any atom is -0.481 e. The molecule has 0 radical (unpaired) electrons. The van der Waals surface area contributed by atoms with Crippen LogP contribution in [-0.2, 0) is 13.6 Å². The lowest BCUT2D eigenvalue weighted by atomic mass is 10.2. The van der Waals surface area contributed by atoms with Crippen LogP contribution in [0.3, 0.4) is 0 Å². The van der Waals surface area contributed by atoms with Crippen LogP contribution in [0.5, 0.6) is 5.88 Å². The Hall–Kier alpha value is -1.07. The number of methoxy groups -OCH3 is 1. The number of nitrogens with two attached hydrogens (primary N) is 1. The Bertz CT molecular complexity index is 374. The van der Waals surface area contributed by atoms with Gasteiger partial charge < -0.3 is 10.5 Å². The fourth-order valence-corrected chi connectivity index (χ4v) is 2.35. The van der Waals surface area contributed by atoms with Gasteiger partial charge in [0.25, 0.3) is 0 Å². The molecule has 5 heteroatoms. The van der Waals surface area contributed by atoms with Gasteiger partial charge in [-0.25, -0.2) is 4.68 Å². The van der Waals surface area contributed by atoms with Gasteiger partial charge in [-0.05, 0) is 13.3 Å². The van der Waals surface area contributed by atoms with Crippen molar-refractivity contribution in [3.8, 4) is 5.88 Å². The molecule has 0 aromatic carbocycles. The molecule has 2 heterocycles. The Morgan fingerprint density at radius 3 is 2.88 bits per heavy atom. The third-order valence-corrected chi connectivity index (χ3v) is 3.17. The van der Waals surface area contributed by atoms with Gasteiger partial charge in [0.2, 0.25) is 5.88 Å². The Morgan fingerprint density at radius 1 is 1.56 bits per heavy atom. The Labute approximate surface area is 96.2 Å². The molecular weight excluding hydrogens is 204 g/mol. The second-order valence-electron chi connectivity index (χ2n) is 4.48. The SMILES string of the molecule is COc1c(CN2CCC(N)C2)c(C)nn1C. The predicted molar refractivity (Wildman–Crippen MR) is 62.4 cm³/mol. The van der Waals surface area contributed by atoms with Crippen molar-refractivity contribution in [2.45, 2.75) is 25.9 Å². The summed E-state index contributed by atoms with van der Waals surface area (Å²) in [4.78, 5) is 2.36. The number of aryl methyl sites for hydroxylation is 2. The maximum Gasteiger partial charge on any atom is 0.216 e. The molecule has 0 bridgehead atoms. The third-order valence-electron chi connectivity index (χ3n) is 3.17. The molecule has 0 aliphatic carbocycles. The van der Waals surface area contributed by atoms with Gasteiger partial charge in [-0.1, -0.05) is 0 Å². The molecule has 2 rings (SSSR count). The number of hydrogen-bond acceptors (Lipinski definition) is 4. The first-order valence-electron chi connectivity index (χ1n) is 5.66. The molecule has 0 saturated carbocycles. The maximum atomic E-state index is 5.90. The number of aromatic nitrogens is 2. The molecule has 0 spiro atoms. The Balaban J connectivity index is 2.14. The van der Waals surface area contributed by atoms with E-state index in [1.807, 2.05) is 14.0 Å². The average molecular weight is 224 g/mol. The van der Waals surface area contributed by atoms with E-state index >= 15 is 0 Å². The average Bonchev–Trinajstić information content (AvgIpc) is 2.73. The summed E-state index contributed by atoms with van der Waals surface area (Å²) < 4.78 is 7.17. The summed E-state index contributed by atoms with van der Waals surface area (Å²) in [6, 6.07) is 0.322. The fourth-order valence-electron chi connectivity index (χ4n) is 2.35. The maximum absolute atomic E-state index is 5.90. The van der Waals surface area contributed by atoms with Crippen LogP contribution < -0.4 is 10.5 Å². The molecule has 2 N–H and O–H groups in total. The summed E-state index contributed by atoms with van der Waals surface area (Å²) in [5, 5.41) is 4.38. The van der Waals surface area contributed by atoms with Gasteiger partial charge in [-0.3, -0.25) is 4.90 Å². The summed E-state index contributed by atoms with van der Waals surface area (Å²) in [7, 11) is 3.60. The molecule has 1 aromatic rings. The van der Waals surface area contributed by atoms with Crippen LogP contribution in [0, 0.1) is 6.92 Å². The summed E-state index contributed by atoms with van der Waals surface area (Å²) in [6.45, 7) is 4.94. The molecule has 1 fully saturated rings. The number of hydrogen-bond donors (Lipinski definition) is 1. The van der Waals surface area contributed by atoms with Crippen LogP contribution in [-0.4, -0.2) is 40.9 Å². The highest BCUT2D eigenvalue weighted by molar-refractivity contribution is 5.30. The molecule has 1 aliphatic rings. The molecule has 1 aliphatic heterocycles. The van der Waals surface area contributed by atoms with Gasteiger partial charge in [0, 0.05) is 32.7 Å². The van der Waals surface area contributed by atoms with E-state index in [0.29, 0.717) is 6.04 Å². The van der Waals surface area contributed by atoms with E-state index in [0.717, 1.165) is 37.6 Å². The van der Waals surface area contributed by atoms with Crippen molar-refractivity contribution in [1.82, 2.24) is 14.7 Å². The van der Waals surface area contributed by atoms with E-state index in [1.54, 1.807) is 11.8 Å². The van der Waals surface area contributed by atoms with Crippen LogP contribution in [0.1, 0.15) is 17.7 Å². The second kappa shape index (κ2) is 4.43. The lowest BCUT2D eigenvalue weighted by molar-refractivity contribution is 0.311. The van der Waals surface area contributed by atoms with E-state index in [4.69, 9.17) is 10.5 Å².